The van der Waals surface area contributed by atoms with Crippen molar-refractivity contribution in [1.29, 1.82) is 0 Å². The lowest BCUT2D eigenvalue weighted by Gasteiger charge is -2.34. The Kier molecular flexibility index (Phi) is 8.17. The van der Waals surface area contributed by atoms with Gasteiger partial charge in [0.05, 0.1) is 0 Å². The molecule has 0 bridgehead atoms. The Morgan fingerprint density at radius 2 is 2.06 bits per heavy atom. The fourth-order valence-corrected chi connectivity index (χ4v) is 1.77. The molecule has 1 atom stereocenters. The van der Waals surface area contributed by atoms with Gasteiger partial charge in [0.25, 0.3) is 6.47 Å². The Labute approximate surface area is 106 Å². The summed E-state index contributed by atoms with van der Waals surface area (Å²) in [6.07, 6.45) is 1.28. The summed E-state index contributed by atoms with van der Waals surface area (Å²) in [6, 6.07) is 0.791. The molecule has 4 nitrogen and oxygen atoms in total. The van der Waals surface area contributed by atoms with Crippen LogP contribution in [0, 0.1) is 0 Å². The Morgan fingerprint density at radius 3 is 2.35 bits per heavy atom. The standard InChI is InChI=1S/C8H18N2.C5H10O2/c1-3-8-7-9-5-6-10(8)4-2;1-5(2,3)7-4-6/h8-9H,3-7H2,1-2H3;4H,1-3H3/t8-;/m1./s1. The predicted octanol–water partition coefficient (Wildman–Crippen LogP) is 1.65. The van der Waals surface area contributed by atoms with E-state index in [1.165, 1.54) is 32.6 Å². The van der Waals surface area contributed by atoms with E-state index in [1.807, 2.05) is 20.8 Å². The third kappa shape index (κ3) is 8.16. The first kappa shape index (κ1) is 16.4. The van der Waals surface area contributed by atoms with Gasteiger partial charge in [-0.05, 0) is 33.7 Å². The molecule has 0 saturated carbocycles. The number of likely N-dealkylation sites (N-methyl/N-ethyl adjacent to an activating group) is 1. The highest BCUT2D eigenvalue weighted by Gasteiger charge is 2.17. The Hall–Kier alpha value is -0.610. The molecule has 17 heavy (non-hydrogen) atoms. The first-order valence-corrected chi connectivity index (χ1v) is 6.50. The van der Waals surface area contributed by atoms with Crippen molar-refractivity contribution in [3.8, 4) is 0 Å². The highest BCUT2D eigenvalue weighted by atomic mass is 16.5. The molecule has 1 aliphatic heterocycles. The summed E-state index contributed by atoms with van der Waals surface area (Å²) in [4.78, 5) is 12.2. The molecule has 0 aromatic rings. The van der Waals surface area contributed by atoms with Gasteiger partial charge in [0.2, 0.25) is 0 Å². The fourth-order valence-electron chi connectivity index (χ4n) is 1.77. The normalized spacial score (nSPS) is 21.4. The van der Waals surface area contributed by atoms with Crippen LogP contribution in [-0.2, 0) is 9.53 Å². The molecule has 0 amide bonds. The molecule has 1 heterocycles. The molecule has 1 aliphatic rings. The summed E-state index contributed by atoms with van der Waals surface area (Å²) in [5, 5.41) is 3.41. The number of carbonyl (C=O) groups is 1. The smallest absolute Gasteiger partial charge is 0.293 e. The molecular formula is C13H28N2O2. The van der Waals surface area contributed by atoms with Crippen LogP contribution in [0.15, 0.2) is 0 Å². The first-order valence-electron chi connectivity index (χ1n) is 6.50. The molecule has 0 aromatic heterocycles. The van der Waals surface area contributed by atoms with E-state index >= 15 is 0 Å². The largest absolute Gasteiger partial charge is 0.462 e. The molecule has 4 heteroatoms. The SMILES string of the molecule is CC(C)(C)OC=O.CC[C@@H]1CNCCN1CC. The Bertz CT molecular complexity index is 190. The zero-order chi connectivity index (χ0) is 13.3. The van der Waals surface area contributed by atoms with Crippen molar-refractivity contribution < 1.29 is 9.53 Å². The maximum absolute atomic E-state index is 9.60. The van der Waals surface area contributed by atoms with Crippen molar-refractivity contribution in [2.45, 2.75) is 52.7 Å². The van der Waals surface area contributed by atoms with Crippen LogP contribution < -0.4 is 5.32 Å². The zero-order valence-electron chi connectivity index (χ0n) is 12.0. The summed E-state index contributed by atoms with van der Waals surface area (Å²) in [5.74, 6) is 0. The van der Waals surface area contributed by atoms with Crippen LogP contribution in [-0.4, -0.2) is 49.2 Å². The Balaban J connectivity index is 0.000000325. The molecule has 1 saturated heterocycles. The number of piperazine rings is 1. The molecule has 0 radical (unpaired) electrons. The number of rotatable bonds is 3. The van der Waals surface area contributed by atoms with Crippen LogP contribution in [0.25, 0.3) is 0 Å². The van der Waals surface area contributed by atoms with Crippen LogP contribution in [0.1, 0.15) is 41.0 Å². The minimum atomic E-state index is -0.318. The van der Waals surface area contributed by atoms with Crippen LogP contribution in [0.4, 0.5) is 0 Å². The van der Waals surface area contributed by atoms with Gasteiger partial charge in [-0.25, -0.2) is 0 Å². The van der Waals surface area contributed by atoms with Crippen LogP contribution in [0.5, 0.6) is 0 Å². The zero-order valence-corrected chi connectivity index (χ0v) is 12.0. The maximum atomic E-state index is 9.60. The summed E-state index contributed by atoms with van der Waals surface area (Å²) in [5.41, 5.74) is -0.318. The minimum Gasteiger partial charge on any atom is -0.462 e. The van der Waals surface area contributed by atoms with E-state index in [2.05, 4.69) is 28.8 Å². The number of hydrogen-bond acceptors (Lipinski definition) is 4. The van der Waals surface area contributed by atoms with E-state index in [0.29, 0.717) is 6.47 Å². The second-order valence-electron chi connectivity index (χ2n) is 5.22. The highest BCUT2D eigenvalue weighted by molar-refractivity contribution is 5.37. The summed E-state index contributed by atoms with van der Waals surface area (Å²) < 4.78 is 4.55. The third-order valence-electron chi connectivity index (χ3n) is 2.75. The van der Waals surface area contributed by atoms with Crippen molar-refractivity contribution in [2.75, 3.05) is 26.2 Å². The van der Waals surface area contributed by atoms with Crippen LogP contribution in [0.3, 0.4) is 0 Å². The predicted molar refractivity (Wildman–Crippen MR) is 71.1 cm³/mol. The Morgan fingerprint density at radius 1 is 1.41 bits per heavy atom. The molecule has 102 valence electrons. The number of nitrogens with zero attached hydrogens (tertiary/aromatic N) is 1. The number of hydrogen-bond donors (Lipinski definition) is 1. The van der Waals surface area contributed by atoms with E-state index in [-0.39, 0.29) is 5.60 Å². The van der Waals surface area contributed by atoms with Gasteiger partial charge in [-0.15, -0.1) is 0 Å². The van der Waals surface area contributed by atoms with Crippen molar-refractivity contribution >= 4 is 6.47 Å². The van der Waals surface area contributed by atoms with E-state index in [1.54, 1.807) is 0 Å². The van der Waals surface area contributed by atoms with Gasteiger partial charge in [0.1, 0.15) is 5.60 Å². The second-order valence-corrected chi connectivity index (χ2v) is 5.22. The fraction of sp³-hybridized carbons (Fsp3) is 0.923. The highest BCUT2D eigenvalue weighted by Crippen LogP contribution is 2.05. The lowest BCUT2D eigenvalue weighted by Crippen LogP contribution is -2.50. The van der Waals surface area contributed by atoms with Crippen molar-refractivity contribution in [2.24, 2.45) is 0 Å². The van der Waals surface area contributed by atoms with Gasteiger partial charge in [-0.1, -0.05) is 13.8 Å². The first-order chi connectivity index (χ1) is 7.94. The summed E-state index contributed by atoms with van der Waals surface area (Å²) in [7, 11) is 0. The number of nitrogens with one attached hydrogen (secondary N) is 1. The summed E-state index contributed by atoms with van der Waals surface area (Å²) in [6.45, 7) is 15.2. The van der Waals surface area contributed by atoms with Crippen LogP contribution in [0.2, 0.25) is 0 Å². The lowest BCUT2D eigenvalue weighted by molar-refractivity contribution is -0.138. The van der Waals surface area contributed by atoms with E-state index in [4.69, 9.17) is 0 Å². The van der Waals surface area contributed by atoms with E-state index in [9.17, 15) is 4.79 Å². The average molecular weight is 244 g/mol. The van der Waals surface area contributed by atoms with E-state index < -0.39 is 0 Å². The lowest BCUT2D eigenvalue weighted by atomic mass is 10.1. The van der Waals surface area contributed by atoms with Crippen molar-refractivity contribution in [3.63, 3.8) is 0 Å². The average Bonchev–Trinajstić information content (AvgIpc) is 2.28. The van der Waals surface area contributed by atoms with Crippen molar-refractivity contribution in [1.82, 2.24) is 10.2 Å². The van der Waals surface area contributed by atoms with E-state index in [0.717, 1.165) is 6.04 Å². The summed E-state index contributed by atoms with van der Waals surface area (Å²) >= 11 is 0. The maximum Gasteiger partial charge on any atom is 0.293 e. The van der Waals surface area contributed by atoms with Gasteiger partial charge in [-0.2, -0.15) is 0 Å². The van der Waals surface area contributed by atoms with Gasteiger partial charge in [-0.3, -0.25) is 9.69 Å². The van der Waals surface area contributed by atoms with Crippen molar-refractivity contribution in [3.05, 3.63) is 0 Å². The number of carbonyl (C=O) groups excluding carboxylic acids is 1. The molecule has 1 fully saturated rings. The molecule has 0 unspecified atom stereocenters. The molecule has 0 spiro atoms. The quantitative estimate of drug-likeness (QED) is 0.767. The number of ether oxygens (including phenoxy) is 1. The topological polar surface area (TPSA) is 41.6 Å². The second kappa shape index (κ2) is 8.48. The third-order valence-corrected chi connectivity index (χ3v) is 2.75. The molecule has 0 aliphatic carbocycles. The van der Waals surface area contributed by atoms with Gasteiger partial charge >= 0.3 is 0 Å². The van der Waals surface area contributed by atoms with Crippen LogP contribution >= 0.6 is 0 Å². The van der Waals surface area contributed by atoms with Gasteiger partial charge in [0.15, 0.2) is 0 Å². The molecule has 1 N–H and O–H groups in total. The molecule has 0 aromatic carbocycles. The molecule has 1 rings (SSSR count). The van der Waals surface area contributed by atoms with Gasteiger partial charge in [0, 0.05) is 25.7 Å². The monoisotopic (exact) mass is 244 g/mol. The molecular weight excluding hydrogens is 216 g/mol. The minimum absolute atomic E-state index is 0.318. The van der Waals surface area contributed by atoms with Gasteiger partial charge < -0.3 is 10.1 Å².